The zero-order valence-electron chi connectivity index (χ0n) is 12.5. The van der Waals surface area contributed by atoms with E-state index in [0.717, 1.165) is 12.2 Å². The normalized spacial score (nSPS) is 29.2. The van der Waals surface area contributed by atoms with Gasteiger partial charge in [-0.15, -0.1) is 0 Å². The van der Waals surface area contributed by atoms with Crippen molar-refractivity contribution < 1.29 is 4.74 Å². The van der Waals surface area contributed by atoms with Crippen molar-refractivity contribution in [3.63, 3.8) is 0 Å². The van der Waals surface area contributed by atoms with Crippen LogP contribution in [0.4, 0.5) is 0 Å². The van der Waals surface area contributed by atoms with Crippen LogP contribution in [0.25, 0.3) is 0 Å². The lowest BCUT2D eigenvalue weighted by Gasteiger charge is -2.53. The van der Waals surface area contributed by atoms with Crippen LogP contribution in [0.2, 0.25) is 0 Å². The van der Waals surface area contributed by atoms with Gasteiger partial charge in [0.25, 0.3) is 0 Å². The molecule has 2 saturated carbocycles. The molecule has 1 aromatic heterocycles. The Bertz CT molecular complexity index is 449. The molecule has 2 aliphatic rings. The van der Waals surface area contributed by atoms with E-state index < -0.39 is 0 Å². The molecule has 2 atom stereocenters. The predicted molar refractivity (Wildman–Crippen MR) is 84.5 cm³/mol. The first-order valence-corrected chi connectivity index (χ1v) is 8.88. The topological polar surface area (TPSA) is 27.1 Å². The molecule has 3 nitrogen and oxygen atoms in total. The number of ether oxygens (including phenoxy) is 1. The molecule has 0 saturated heterocycles. The fourth-order valence-corrected chi connectivity index (χ4v) is 4.81. The van der Waals surface area contributed by atoms with Crippen LogP contribution in [0, 0.1) is 5.41 Å². The molecular weight excluding hydrogens is 316 g/mol. The van der Waals surface area contributed by atoms with Crippen molar-refractivity contribution in [2.45, 2.75) is 75.8 Å². The second-order valence-electron chi connectivity index (χ2n) is 6.71. The zero-order chi connectivity index (χ0) is 14.2. The van der Waals surface area contributed by atoms with E-state index in [-0.39, 0.29) is 0 Å². The summed E-state index contributed by atoms with van der Waals surface area (Å²) in [5.74, 6) is 0.937. The Morgan fingerprint density at radius 3 is 2.55 bits per heavy atom. The van der Waals surface area contributed by atoms with Gasteiger partial charge < -0.3 is 4.74 Å². The van der Waals surface area contributed by atoms with E-state index >= 15 is 0 Å². The third-order valence-corrected chi connectivity index (χ3v) is 6.39. The molecule has 0 amide bonds. The molecule has 3 rings (SSSR count). The second-order valence-corrected chi connectivity index (χ2v) is 7.81. The molecule has 1 heterocycles. The van der Waals surface area contributed by atoms with Crippen molar-refractivity contribution in [3.8, 4) is 5.75 Å². The molecule has 2 fully saturated rings. The average molecular weight is 341 g/mol. The van der Waals surface area contributed by atoms with E-state index in [1.165, 1.54) is 38.5 Å². The van der Waals surface area contributed by atoms with Crippen molar-refractivity contribution in [1.29, 1.82) is 0 Å². The summed E-state index contributed by atoms with van der Waals surface area (Å²) in [6.45, 7) is 4.28. The van der Waals surface area contributed by atoms with Crippen LogP contribution < -0.4 is 4.74 Å². The van der Waals surface area contributed by atoms with Crippen LogP contribution in [-0.2, 0) is 0 Å². The van der Waals surface area contributed by atoms with Crippen LogP contribution in [0.5, 0.6) is 5.75 Å². The van der Waals surface area contributed by atoms with Crippen LogP contribution >= 0.6 is 15.9 Å². The van der Waals surface area contributed by atoms with Gasteiger partial charge in [-0.05, 0) is 33.1 Å². The molecule has 2 aliphatic carbocycles. The Labute approximate surface area is 130 Å². The minimum atomic E-state index is 0.370. The Hall–Kier alpha value is -0.510. The SMILES string of the molecule is CC(C)n1cc(OC2CC(Br)C23CCCCCC3)cn1. The van der Waals surface area contributed by atoms with Crippen molar-refractivity contribution in [2.75, 3.05) is 0 Å². The third-order valence-electron chi connectivity index (χ3n) is 5.11. The first-order valence-electron chi connectivity index (χ1n) is 7.97. The monoisotopic (exact) mass is 340 g/mol. The number of aromatic nitrogens is 2. The Morgan fingerprint density at radius 1 is 1.30 bits per heavy atom. The van der Waals surface area contributed by atoms with Crippen LogP contribution in [0.15, 0.2) is 12.4 Å². The lowest BCUT2D eigenvalue weighted by molar-refractivity contribution is -0.0462. The first kappa shape index (κ1) is 14.4. The third kappa shape index (κ3) is 2.51. The van der Waals surface area contributed by atoms with Gasteiger partial charge in [-0.25, -0.2) is 0 Å². The van der Waals surface area contributed by atoms with Gasteiger partial charge >= 0.3 is 0 Å². The maximum Gasteiger partial charge on any atom is 0.157 e. The highest BCUT2D eigenvalue weighted by Crippen LogP contribution is 2.55. The van der Waals surface area contributed by atoms with Crippen LogP contribution in [-0.4, -0.2) is 20.7 Å². The average Bonchev–Trinajstić information content (AvgIpc) is 2.73. The van der Waals surface area contributed by atoms with E-state index in [4.69, 9.17) is 4.74 Å². The molecule has 112 valence electrons. The summed E-state index contributed by atoms with van der Waals surface area (Å²) in [5.41, 5.74) is 0.371. The Morgan fingerprint density at radius 2 is 2.00 bits per heavy atom. The molecular formula is C16H25BrN2O. The zero-order valence-corrected chi connectivity index (χ0v) is 14.1. The predicted octanol–water partition coefficient (Wildman–Crippen LogP) is 4.72. The number of nitrogens with zero attached hydrogens (tertiary/aromatic N) is 2. The summed E-state index contributed by atoms with van der Waals surface area (Å²) < 4.78 is 8.26. The quantitative estimate of drug-likeness (QED) is 0.744. The maximum absolute atomic E-state index is 6.29. The molecule has 20 heavy (non-hydrogen) atoms. The van der Waals surface area contributed by atoms with Gasteiger partial charge in [0.05, 0.1) is 12.4 Å². The van der Waals surface area contributed by atoms with E-state index in [1.54, 1.807) is 0 Å². The van der Waals surface area contributed by atoms with E-state index in [9.17, 15) is 0 Å². The Balaban J connectivity index is 1.70. The highest BCUT2D eigenvalue weighted by molar-refractivity contribution is 9.09. The smallest absolute Gasteiger partial charge is 0.157 e. The minimum absolute atomic E-state index is 0.370. The number of rotatable bonds is 3. The van der Waals surface area contributed by atoms with E-state index in [1.807, 2.05) is 17.1 Å². The lowest BCUT2D eigenvalue weighted by atomic mass is 9.61. The standard InChI is InChI=1S/C16H25BrN2O/c1-12(2)19-11-13(10-18-19)20-15-9-14(17)16(15)7-5-3-4-6-8-16/h10-12,14-15H,3-9H2,1-2H3. The number of hydrogen-bond acceptors (Lipinski definition) is 2. The Kier molecular flexibility index (Phi) is 4.11. The summed E-state index contributed by atoms with van der Waals surface area (Å²) in [5, 5.41) is 4.38. The fourth-order valence-electron chi connectivity index (χ4n) is 3.71. The minimum Gasteiger partial charge on any atom is -0.486 e. The fraction of sp³-hybridized carbons (Fsp3) is 0.812. The number of halogens is 1. The maximum atomic E-state index is 6.29. The number of alkyl halides is 1. The number of hydrogen-bond donors (Lipinski definition) is 0. The molecule has 4 heteroatoms. The highest BCUT2D eigenvalue weighted by Gasteiger charge is 2.55. The van der Waals surface area contributed by atoms with Gasteiger partial charge in [-0.2, -0.15) is 5.10 Å². The first-order chi connectivity index (χ1) is 9.62. The summed E-state index contributed by atoms with van der Waals surface area (Å²) in [7, 11) is 0. The van der Waals surface area contributed by atoms with Crippen molar-refractivity contribution >= 4 is 15.9 Å². The molecule has 0 bridgehead atoms. The van der Waals surface area contributed by atoms with Crippen LogP contribution in [0.1, 0.15) is 64.8 Å². The van der Waals surface area contributed by atoms with Crippen LogP contribution in [0.3, 0.4) is 0 Å². The molecule has 0 aliphatic heterocycles. The van der Waals surface area contributed by atoms with Gasteiger partial charge in [0.1, 0.15) is 6.10 Å². The molecule has 1 aromatic rings. The lowest BCUT2D eigenvalue weighted by Crippen LogP contribution is -2.56. The molecule has 0 aromatic carbocycles. The van der Waals surface area contributed by atoms with Gasteiger partial charge in [-0.1, -0.05) is 41.6 Å². The van der Waals surface area contributed by atoms with Crippen molar-refractivity contribution in [3.05, 3.63) is 12.4 Å². The second kappa shape index (κ2) is 5.70. The van der Waals surface area contributed by atoms with Crippen molar-refractivity contribution in [1.82, 2.24) is 9.78 Å². The largest absolute Gasteiger partial charge is 0.486 e. The summed E-state index contributed by atoms with van der Waals surface area (Å²) in [6.07, 6.45) is 13.5. The summed E-state index contributed by atoms with van der Waals surface area (Å²) in [4.78, 5) is 0.637. The van der Waals surface area contributed by atoms with E-state index in [2.05, 4.69) is 34.9 Å². The van der Waals surface area contributed by atoms with Gasteiger partial charge in [0, 0.05) is 16.3 Å². The summed E-state index contributed by atoms with van der Waals surface area (Å²) >= 11 is 3.89. The van der Waals surface area contributed by atoms with Gasteiger partial charge in [-0.3, -0.25) is 4.68 Å². The van der Waals surface area contributed by atoms with E-state index in [0.29, 0.717) is 22.4 Å². The van der Waals surface area contributed by atoms with Gasteiger partial charge in [0.15, 0.2) is 5.75 Å². The molecule has 1 spiro atoms. The summed E-state index contributed by atoms with van der Waals surface area (Å²) in [6, 6.07) is 0.393. The molecule has 0 radical (unpaired) electrons. The highest BCUT2D eigenvalue weighted by atomic mass is 79.9. The van der Waals surface area contributed by atoms with Gasteiger partial charge in [0.2, 0.25) is 0 Å². The molecule has 2 unspecified atom stereocenters. The van der Waals surface area contributed by atoms with Crippen molar-refractivity contribution in [2.24, 2.45) is 5.41 Å². The molecule has 0 N–H and O–H groups in total.